The van der Waals surface area contributed by atoms with E-state index in [0.29, 0.717) is 4.90 Å². The predicted octanol–water partition coefficient (Wildman–Crippen LogP) is -0.793. The van der Waals surface area contributed by atoms with E-state index >= 15 is 3.89 Å². The fourth-order valence-electron chi connectivity index (χ4n) is 10.9. The van der Waals surface area contributed by atoms with E-state index in [-0.39, 0.29) is 116 Å². The van der Waals surface area contributed by atoms with E-state index in [1.54, 1.807) is 41.5 Å². The molecule has 37 nitrogen and oxygen atoms in total. The summed E-state index contributed by atoms with van der Waals surface area (Å²) in [6, 6.07) is -5.27. The number of halogens is 1. The summed E-state index contributed by atoms with van der Waals surface area (Å²) >= 11 is 0. The SMILES string of the molecule is CC(C)(C)S(F)(c1ccc(C(=O)NC[C@H](NC(=O)CC[C@H](C(=O)O)N2CCN(CC(=O)O)CCN(CC(=O)O)CCN(CC(=O)O)CC2)C(=O)N[C@H](CCCCNC(=O)CCC(=O)NCCC[C@@H](NC(=O)CC[C@H](NC(=O)N[C@@H](CCC(=O)O)C(=O)O)C(=O)O)C(=O)O)C(=O)O)cc1)C(C)(C)C. The van der Waals surface area contributed by atoms with E-state index in [4.69, 9.17) is 5.11 Å². The van der Waals surface area contributed by atoms with Crippen LogP contribution in [0.1, 0.15) is 135 Å². The summed E-state index contributed by atoms with van der Waals surface area (Å²) in [7, 11) is -3.02. The summed E-state index contributed by atoms with van der Waals surface area (Å²) in [6.45, 7) is 8.28. The van der Waals surface area contributed by atoms with Crippen LogP contribution in [0.2, 0.25) is 0 Å². The Morgan fingerprint density at radius 3 is 1.21 bits per heavy atom. The summed E-state index contributed by atoms with van der Waals surface area (Å²) in [4.78, 5) is 205. The van der Waals surface area contributed by atoms with Crippen molar-refractivity contribution in [3.8, 4) is 0 Å². The number of unbranched alkanes of at least 4 members (excludes halogenated alkanes) is 1. The molecular formula is C63H99FN12O25S. The molecule has 1 aliphatic rings. The van der Waals surface area contributed by atoms with Crippen molar-refractivity contribution in [1.29, 1.82) is 0 Å². The van der Waals surface area contributed by atoms with Crippen molar-refractivity contribution in [2.45, 2.75) is 176 Å². The van der Waals surface area contributed by atoms with Crippen LogP contribution >= 0.6 is 10.4 Å². The van der Waals surface area contributed by atoms with Gasteiger partial charge in [0.25, 0.3) is 5.91 Å². The highest BCUT2D eigenvalue weighted by Gasteiger charge is 2.48. The fourth-order valence-corrected chi connectivity index (χ4v) is 14.7. The zero-order chi connectivity index (χ0) is 77.2. The zero-order valence-corrected chi connectivity index (χ0v) is 58.8. The Morgan fingerprint density at radius 1 is 0.412 bits per heavy atom. The van der Waals surface area contributed by atoms with Crippen molar-refractivity contribution < 1.29 is 127 Å². The molecule has 0 aromatic heterocycles. The Balaban J connectivity index is 2.15. The lowest BCUT2D eigenvalue weighted by Crippen LogP contribution is -2.56. The third kappa shape index (κ3) is 33.0. The number of amides is 8. The van der Waals surface area contributed by atoms with E-state index in [0.717, 1.165) is 0 Å². The Morgan fingerprint density at radius 2 is 0.794 bits per heavy atom. The third-order valence-corrected chi connectivity index (χ3v) is 20.4. The van der Waals surface area contributed by atoms with Gasteiger partial charge in [-0.15, -0.1) is 0 Å². The second kappa shape index (κ2) is 43.5. The van der Waals surface area contributed by atoms with Gasteiger partial charge in [-0.05, 0) is 117 Å². The maximum Gasteiger partial charge on any atom is 0.326 e. The van der Waals surface area contributed by atoms with Crippen molar-refractivity contribution in [3.63, 3.8) is 0 Å². The first kappa shape index (κ1) is 88.7. The molecular weight excluding hydrogens is 1380 g/mol. The van der Waals surface area contributed by atoms with Crippen LogP contribution < -0.4 is 42.5 Å². The minimum Gasteiger partial charge on any atom is -0.481 e. The summed E-state index contributed by atoms with van der Waals surface area (Å²) < 4.78 is 15.5. The molecule has 102 heavy (non-hydrogen) atoms. The number of hydrogen-bond acceptors (Lipinski definition) is 20. The Kier molecular flexibility index (Phi) is 37.8. The molecule has 574 valence electrons. The molecule has 1 aromatic carbocycles. The molecule has 1 aliphatic heterocycles. The maximum absolute atomic E-state index is 17.1. The van der Waals surface area contributed by atoms with Crippen molar-refractivity contribution in [3.05, 3.63) is 29.8 Å². The highest BCUT2D eigenvalue weighted by Crippen LogP contribution is 2.73. The highest BCUT2D eigenvalue weighted by molar-refractivity contribution is 8.31. The van der Waals surface area contributed by atoms with E-state index < -0.39 is 216 Å². The van der Waals surface area contributed by atoms with Crippen LogP contribution in [0.4, 0.5) is 8.68 Å². The van der Waals surface area contributed by atoms with E-state index in [2.05, 4.69) is 31.9 Å². The van der Waals surface area contributed by atoms with E-state index in [1.807, 2.05) is 10.6 Å². The Hall–Kier alpha value is -9.34. The molecule has 39 heteroatoms. The molecule has 0 spiro atoms. The molecule has 0 aliphatic carbocycles. The number of carbonyl (C=O) groups excluding carboxylic acids is 7. The standard InChI is InChI=1S/C63H99FN12O25S/c1-62(2,3)102(64,63(4,5)6)39-14-12-38(13-15-39)54(89)67-34-44(69-49(80)20-18-45(60(99)100)76-32-30-74(36-52(85)86)28-26-73(35-51(83)84)27-29-75(31-33-76)37-53(87)88)55(90)70-41(57(93)94)10-7-8-24-65-46(77)21-22-47(78)66-25-9-11-40(56(91)92)68-48(79)19-16-42(58(95)96)71-61(101)72-43(59(97)98)17-23-50(81)82/h12-15,40-45H,7-11,16-37H2,1-6H3,(H,65,77)(H,66,78)(H,67,89)(H,68,79)(H,69,80)(H,70,90)(H,81,82)(H,83,84)(H,85,86)(H,87,88)(H,91,92)(H,93,94)(H,95,96)(H,97,98)(H,99,100)(H2,71,72,101)/t40-,41-,42+,43+,44+,45-/m1/s1. The number of nitrogens with zero attached hydrogens (tertiary/aromatic N) is 4. The minimum absolute atomic E-state index is 0.00245. The number of urea groups is 1. The second-order valence-electron chi connectivity index (χ2n) is 26.1. The molecule has 1 aromatic rings. The van der Waals surface area contributed by atoms with E-state index in [1.165, 1.54) is 43.9 Å². The van der Waals surface area contributed by atoms with Crippen LogP contribution in [0, 0.1) is 0 Å². The van der Waals surface area contributed by atoms with Gasteiger partial charge >= 0.3 is 59.8 Å². The summed E-state index contributed by atoms with van der Waals surface area (Å²) in [5.41, 5.74) is 0.0292. The molecule has 0 saturated carbocycles. The summed E-state index contributed by atoms with van der Waals surface area (Å²) in [6.07, 6.45) is -4.26. The number of rotatable bonds is 43. The monoisotopic (exact) mass is 1470 g/mol. The molecule has 8 amide bonds. The first-order chi connectivity index (χ1) is 47.5. The first-order valence-corrected chi connectivity index (χ1v) is 34.4. The van der Waals surface area contributed by atoms with E-state index in [9.17, 15) is 118 Å². The molecule has 17 N–H and O–H groups in total. The van der Waals surface area contributed by atoms with Gasteiger partial charge in [-0.25, -0.2) is 24.0 Å². The quantitative estimate of drug-likeness (QED) is 0.0356. The van der Waals surface area contributed by atoms with Crippen LogP contribution in [0.25, 0.3) is 0 Å². The Bertz CT molecular complexity index is 3050. The summed E-state index contributed by atoms with van der Waals surface area (Å²) in [5.74, 6) is -17.6. The fraction of sp³-hybridized carbons (Fsp3) is 0.651. The molecule has 0 radical (unpaired) electrons. The van der Waals surface area contributed by atoms with Crippen molar-refractivity contribution in [2.75, 3.05) is 91.6 Å². The van der Waals surface area contributed by atoms with Crippen LogP contribution in [0.5, 0.6) is 0 Å². The van der Waals surface area contributed by atoms with Gasteiger partial charge in [-0.2, -0.15) is 3.89 Å². The predicted molar refractivity (Wildman–Crippen MR) is 360 cm³/mol. The third-order valence-electron chi connectivity index (χ3n) is 16.1. The number of carboxylic acids is 9. The lowest BCUT2D eigenvalue weighted by atomic mass is 10.1. The van der Waals surface area contributed by atoms with Crippen molar-refractivity contribution in [1.82, 2.24) is 62.1 Å². The van der Waals surface area contributed by atoms with Crippen molar-refractivity contribution in [2.24, 2.45) is 0 Å². The van der Waals surface area contributed by atoms with Crippen LogP contribution in [-0.2, 0) is 67.1 Å². The van der Waals surface area contributed by atoms with Crippen molar-refractivity contribution >= 4 is 106 Å². The number of nitrogens with one attached hydrogen (secondary N) is 8. The van der Waals surface area contributed by atoms with Crippen LogP contribution in [0.15, 0.2) is 29.2 Å². The van der Waals surface area contributed by atoms with Gasteiger partial charge in [-0.3, -0.25) is 72.3 Å². The molecule has 1 heterocycles. The molecule has 0 bridgehead atoms. The normalized spacial score (nSPS) is 15.8. The highest BCUT2D eigenvalue weighted by atomic mass is 32.3. The molecule has 1 fully saturated rings. The average molecular weight is 1480 g/mol. The number of benzene rings is 1. The number of aliphatic carboxylic acids is 9. The van der Waals surface area contributed by atoms with Gasteiger partial charge in [0.1, 0.15) is 36.3 Å². The van der Waals surface area contributed by atoms with Gasteiger partial charge in [0.2, 0.25) is 29.5 Å². The molecule has 0 unspecified atom stereocenters. The van der Waals surface area contributed by atoms with Gasteiger partial charge in [0.15, 0.2) is 0 Å². The zero-order valence-electron chi connectivity index (χ0n) is 58.0. The molecule has 6 atom stereocenters. The minimum atomic E-state index is -3.02. The maximum atomic E-state index is 17.1. The smallest absolute Gasteiger partial charge is 0.326 e. The topological polar surface area (TPSA) is 564 Å². The number of hydrogen-bond donors (Lipinski definition) is 17. The lowest BCUT2D eigenvalue weighted by molar-refractivity contribution is -0.145. The molecule has 1 saturated heterocycles. The largest absolute Gasteiger partial charge is 0.481 e. The summed E-state index contributed by atoms with van der Waals surface area (Å²) in [5, 5.41) is 105. The first-order valence-electron chi connectivity index (χ1n) is 32.9. The lowest BCUT2D eigenvalue weighted by Gasteiger charge is -2.52. The van der Waals surface area contributed by atoms with Gasteiger partial charge in [0.05, 0.1) is 19.6 Å². The van der Waals surface area contributed by atoms with Gasteiger partial charge in [-0.1, -0.05) is 10.4 Å². The van der Waals surface area contributed by atoms with Gasteiger partial charge < -0.3 is 88.5 Å². The molecule has 2 rings (SSSR count). The van der Waals surface area contributed by atoms with Gasteiger partial charge in [0, 0.05) is 124 Å². The van der Waals surface area contributed by atoms with Crippen LogP contribution in [-0.4, -0.2) is 298 Å². The average Bonchev–Trinajstić information content (AvgIpc) is 0.748. The Labute approximate surface area is 589 Å². The second-order valence-corrected chi connectivity index (χ2v) is 30.1. The van der Waals surface area contributed by atoms with Crippen LogP contribution in [0.3, 0.4) is 0 Å². The number of carboxylic acid groups (broad SMARTS) is 9. The number of carbonyl (C=O) groups is 16.